The molecule has 3 rings (SSSR count). The first-order chi connectivity index (χ1) is 9.78. The van der Waals surface area contributed by atoms with E-state index in [1.165, 1.54) is 20.5 Å². The Morgan fingerprint density at radius 1 is 1.35 bits per heavy atom. The van der Waals surface area contributed by atoms with Crippen LogP contribution in [0, 0.1) is 0 Å². The van der Waals surface area contributed by atoms with Crippen molar-refractivity contribution in [2.24, 2.45) is 0 Å². The fourth-order valence-corrected chi connectivity index (χ4v) is 3.78. The van der Waals surface area contributed by atoms with Crippen molar-refractivity contribution >= 4 is 27.3 Å². The summed E-state index contributed by atoms with van der Waals surface area (Å²) in [4.78, 5) is 0. The van der Waals surface area contributed by atoms with Crippen LogP contribution >= 0.6 is 27.3 Å². The minimum atomic E-state index is 0.267. The molecular formula is C16H18BrNOS. The van der Waals surface area contributed by atoms with Gasteiger partial charge in [0.2, 0.25) is 0 Å². The lowest BCUT2D eigenvalue weighted by atomic mass is 9.98. The second-order valence-electron chi connectivity index (χ2n) is 5.04. The third kappa shape index (κ3) is 2.92. The van der Waals surface area contributed by atoms with E-state index in [0.29, 0.717) is 0 Å². The molecule has 0 bridgehead atoms. The zero-order valence-corrected chi connectivity index (χ0v) is 13.9. The topological polar surface area (TPSA) is 21.3 Å². The summed E-state index contributed by atoms with van der Waals surface area (Å²) < 4.78 is 6.78. The molecule has 2 aromatic rings. The number of benzene rings is 1. The van der Waals surface area contributed by atoms with Crippen LogP contribution in [0.25, 0.3) is 0 Å². The van der Waals surface area contributed by atoms with E-state index < -0.39 is 0 Å². The van der Waals surface area contributed by atoms with E-state index in [4.69, 9.17) is 4.74 Å². The van der Waals surface area contributed by atoms with E-state index in [0.717, 1.165) is 31.7 Å². The molecule has 0 spiro atoms. The third-order valence-corrected chi connectivity index (χ3v) is 5.09. The molecule has 1 N–H and O–H groups in total. The lowest BCUT2D eigenvalue weighted by molar-refractivity contribution is 0.357. The Hall–Kier alpha value is -0.840. The number of halogens is 1. The van der Waals surface area contributed by atoms with Gasteiger partial charge in [0.05, 0.1) is 16.4 Å². The summed E-state index contributed by atoms with van der Waals surface area (Å²) in [5, 5.41) is 5.87. The van der Waals surface area contributed by atoms with Gasteiger partial charge in [-0.25, -0.2) is 0 Å². The zero-order chi connectivity index (χ0) is 13.9. The van der Waals surface area contributed by atoms with Crippen molar-refractivity contribution in [1.82, 2.24) is 5.32 Å². The summed E-state index contributed by atoms with van der Waals surface area (Å²) in [6.07, 6.45) is 2.16. The number of thiophene rings is 1. The predicted octanol–water partition coefficient (Wildman–Crippen LogP) is 4.53. The van der Waals surface area contributed by atoms with Crippen LogP contribution in [-0.2, 0) is 6.42 Å². The van der Waals surface area contributed by atoms with Gasteiger partial charge < -0.3 is 10.1 Å². The second-order valence-corrected chi connectivity index (χ2v) is 7.33. The van der Waals surface area contributed by atoms with Gasteiger partial charge in [0.25, 0.3) is 0 Å². The maximum absolute atomic E-state index is 5.60. The highest BCUT2D eigenvalue weighted by atomic mass is 79.9. The largest absolute Gasteiger partial charge is 0.493 e. The quantitative estimate of drug-likeness (QED) is 0.853. The van der Waals surface area contributed by atoms with E-state index in [9.17, 15) is 0 Å². The molecule has 0 saturated heterocycles. The molecule has 1 aromatic heterocycles. The van der Waals surface area contributed by atoms with Crippen molar-refractivity contribution in [3.05, 3.63) is 50.1 Å². The van der Waals surface area contributed by atoms with Crippen LogP contribution in [0.15, 0.2) is 33.4 Å². The molecule has 1 aromatic carbocycles. The smallest absolute Gasteiger partial charge is 0.122 e. The van der Waals surface area contributed by atoms with Crippen molar-refractivity contribution in [2.75, 3.05) is 13.2 Å². The van der Waals surface area contributed by atoms with Crippen LogP contribution in [0.4, 0.5) is 0 Å². The van der Waals surface area contributed by atoms with E-state index in [-0.39, 0.29) is 6.04 Å². The lowest BCUT2D eigenvalue weighted by Gasteiger charge is -2.19. The van der Waals surface area contributed by atoms with E-state index in [1.807, 2.05) is 0 Å². The maximum atomic E-state index is 5.60. The molecule has 1 aliphatic rings. The van der Waals surface area contributed by atoms with Crippen molar-refractivity contribution in [1.29, 1.82) is 0 Å². The molecule has 0 fully saturated rings. The van der Waals surface area contributed by atoms with Gasteiger partial charge in [0, 0.05) is 6.42 Å². The Morgan fingerprint density at radius 2 is 2.25 bits per heavy atom. The molecule has 0 amide bonds. The van der Waals surface area contributed by atoms with Gasteiger partial charge >= 0.3 is 0 Å². The Bertz CT molecular complexity index is 596. The predicted molar refractivity (Wildman–Crippen MR) is 87.8 cm³/mol. The molecule has 20 heavy (non-hydrogen) atoms. The van der Waals surface area contributed by atoms with Gasteiger partial charge in [0.1, 0.15) is 5.75 Å². The molecule has 1 atom stereocenters. The number of hydrogen-bond acceptors (Lipinski definition) is 3. The second kappa shape index (κ2) is 6.29. The first kappa shape index (κ1) is 14.1. The highest BCUT2D eigenvalue weighted by Crippen LogP contribution is 2.33. The molecule has 1 aliphatic heterocycles. The minimum Gasteiger partial charge on any atom is -0.493 e. The molecule has 0 saturated carbocycles. The average molecular weight is 352 g/mol. The first-order valence-corrected chi connectivity index (χ1v) is 8.68. The Morgan fingerprint density at radius 3 is 3.00 bits per heavy atom. The summed E-state index contributed by atoms with van der Waals surface area (Å²) >= 11 is 5.30. The summed E-state index contributed by atoms with van der Waals surface area (Å²) in [6.45, 7) is 4.03. The van der Waals surface area contributed by atoms with Gasteiger partial charge in [-0.15, -0.1) is 11.3 Å². The molecular weight excluding hydrogens is 334 g/mol. The van der Waals surface area contributed by atoms with Crippen LogP contribution in [0.1, 0.15) is 36.1 Å². The van der Waals surface area contributed by atoms with E-state index in [1.54, 1.807) is 11.3 Å². The van der Waals surface area contributed by atoms with Gasteiger partial charge in [-0.3, -0.25) is 0 Å². The van der Waals surface area contributed by atoms with Crippen molar-refractivity contribution in [3.8, 4) is 5.75 Å². The fourth-order valence-electron chi connectivity index (χ4n) is 2.58. The Balaban J connectivity index is 1.92. The molecule has 106 valence electrons. The molecule has 4 heteroatoms. The molecule has 0 radical (unpaired) electrons. The number of ether oxygens (including phenoxy) is 1. The zero-order valence-electron chi connectivity index (χ0n) is 11.5. The minimum absolute atomic E-state index is 0.267. The number of rotatable bonds is 5. The van der Waals surface area contributed by atoms with Crippen LogP contribution in [0.2, 0.25) is 0 Å². The SMILES string of the molecule is CCCNC(c1csc(Br)c1)c1ccc2c(c1)CCO2. The molecule has 2 heterocycles. The van der Waals surface area contributed by atoms with Gasteiger partial charge in [-0.2, -0.15) is 0 Å². The van der Waals surface area contributed by atoms with E-state index >= 15 is 0 Å². The van der Waals surface area contributed by atoms with Crippen LogP contribution < -0.4 is 10.1 Å². The van der Waals surface area contributed by atoms with Crippen LogP contribution in [0.3, 0.4) is 0 Å². The summed E-state index contributed by atoms with van der Waals surface area (Å²) in [6, 6.07) is 9.06. The highest BCUT2D eigenvalue weighted by molar-refractivity contribution is 9.11. The third-order valence-electron chi connectivity index (χ3n) is 3.57. The van der Waals surface area contributed by atoms with E-state index in [2.05, 4.69) is 57.8 Å². The summed E-state index contributed by atoms with van der Waals surface area (Å²) in [7, 11) is 0. The maximum Gasteiger partial charge on any atom is 0.122 e. The Labute approximate surface area is 132 Å². The van der Waals surface area contributed by atoms with Crippen molar-refractivity contribution < 1.29 is 4.74 Å². The van der Waals surface area contributed by atoms with Crippen molar-refractivity contribution in [3.63, 3.8) is 0 Å². The Kier molecular flexibility index (Phi) is 4.44. The molecule has 1 unspecified atom stereocenters. The van der Waals surface area contributed by atoms with Gasteiger partial charge in [-0.1, -0.05) is 19.1 Å². The normalized spacial score (nSPS) is 14.9. The van der Waals surface area contributed by atoms with Gasteiger partial charge in [-0.05, 0) is 63.1 Å². The van der Waals surface area contributed by atoms with Gasteiger partial charge in [0.15, 0.2) is 0 Å². The summed E-state index contributed by atoms with van der Waals surface area (Å²) in [5.74, 6) is 1.05. The fraction of sp³-hybridized carbons (Fsp3) is 0.375. The first-order valence-electron chi connectivity index (χ1n) is 7.01. The number of hydrogen-bond donors (Lipinski definition) is 1. The number of nitrogens with one attached hydrogen (secondary N) is 1. The highest BCUT2D eigenvalue weighted by Gasteiger charge is 2.18. The summed E-state index contributed by atoms with van der Waals surface area (Å²) in [5.41, 5.74) is 3.99. The lowest BCUT2D eigenvalue weighted by Crippen LogP contribution is -2.22. The monoisotopic (exact) mass is 351 g/mol. The van der Waals surface area contributed by atoms with Crippen LogP contribution in [-0.4, -0.2) is 13.2 Å². The van der Waals surface area contributed by atoms with Crippen LogP contribution in [0.5, 0.6) is 5.75 Å². The van der Waals surface area contributed by atoms with Crippen molar-refractivity contribution in [2.45, 2.75) is 25.8 Å². The average Bonchev–Trinajstić information content (AvgIpc) is 3.07. The molecule has 0 aliphatic carbocycles. The standard InChI is InChI=1S/C16H18BrNOS/c1-2-6-18-16(13-9-15(17)20-10-13)12-3-4-14-11(8-12)5-7-19-14/h3-4,8-10,16,18H,2,5-7H2,1H3. The number of fused-ring (bicyclic) bond motifs is 1. The molecule has 2 nitrogen and oxygen atoms in total.